The van der Waals surface area contributed by atoms with Crippen LogP contribution in [-0.2, 0) is 7.05 Å². The average molecular weight is 438 g/mol. The van der Waals surface area contributed by atoms with Gasteiger partial charge in [-0.05, 0) is 37.8 Å². The van der Waals surface area contributed by atoms with Crippen LogP contribution in [0.15, 0.2) is 49.1 Å². The highest BCUT2D eigenvalue weighted by Gasteiger charge is 2.12. The van der Waals surface area contributed by atoms with Crippen LogP contribution in [-0.4, -0.2) is 31.2 Å². The number of aryl methyl sites for hydroxylation is 1. The second kappa shape index (κ2) is 9.81. The quantitative estimate of drug-likeness (QED) is 0.480. The van der Waals surface area contributed by atoms with Crippen LogP contribution in [0.1, 0.15) is 25.7 Å². The van der Waals surface area contributed by atoms with Crippen molar-refractivity contribution in [3.8, 4) is 0 Å². The van der Waals surface area contributed by atoms with Crippen LogP contribution in [0, 0.1) is 0 Å². The van der Waals surface area contributed by atoms with Gasteiger partial charge in [-0.25, -0.2) is 4.57 Å². The van der Waals surface area contributed by atoms with Gasteiger partial charge in [0.25, 0.3) is 0 Å². The van der Waals surface area contributed by atoms with Crippen molar-refractivity contribution >= 4 is 11.4 Å². The molecule has 0 N–H and O–H groups in total. The fourth-order valence-corrected chi connectivity index (χ4v) is 3.21. The molecule has 2 fully saturated rings. The van der Waals surface area contributed by atoms with Gasteiger partial charge in [0.1, 0.15) is 7.05 Å². The van der Waals surface area contributed by atoms with E-state index in [-0.39, 0.29) is 24.0 Å². The molecule has 4 rings (SSSR count). The number of aromatic nitrogens is 2. The Morgan fingerprint density at radius 1 is 0.750 bits per heavy atom. The smallest absolute Gasteiger partial charge is 0.170 e. The SMILES string of the molecule is C[n+]1ccc(N2CCCC2)cc1.[I-].c1cc(N2CCCC2)ccn1. The number of hydrogen-bond donors (Lipinski definition) is 0. The minimum atomic E-state index is 0. The van der Waals surface area contributed by atoms with Crippen molar-refractivity contribution in [1.82, 2.24) is 4.98 Å². The van der Waals surface area contributed by atoms with Crippen molar-refractivity contribution in [1.29, 1.82) is 0 Å². The Labute approximate surface area is 162 Å². The van der Waals surface area contributed by atoms with Crippen molar-refractivity contribution in [3.05, 3.63) is 49.1 Å². The predicted molar refractivity (Wildman–Crippen MR) is 94.7 cm³/mol. The van der Waals surface area contributed by atoms with Gasteiger partial charge in [-0.2, -0.15) is 0 Å². The minimum Gasteiger partial charge on any atom is -1.00 e. The Morgan fingerprint density at radius 3 is 1.62 bits per heavy atom. The fourth-order valence-electron chi connectivity index (χ4n) is 3.21. The van der Waals surface area contributed by atoms with Crippen LogP contribution in [0.2, 0.25) is 0 Å². The molecule has 0 radical (unpaired) electrons. The van der Waals surface area contributed by atoms with Crippen LogP contribution in [0.5, 0.6) is 0 Å². The molecule has 4 nitrogen and oxygen atoms in total. The summed E-state index contributed by atoms with van der Waals surface area (Å²) in [5.74, 6) is 0. The Bertz CT molecular complexity index is 576. The predicted octanol–water partition coefficient (Wildman–Crippen LogP) is -0.203. The van der Waals surface area contributed by atoms with Crippen molar-refractivity contribution < 1.29 is 28.5 Å². The molecule has 0 aliphatic carbocycles. The first-order valence-corrected chi connectivity index (χ1v) is 8.68. The third kappa shape index (κ3) is 5.33. The summed E-state index contributed by atoms with van der Waals surface area (Å²) in [6.45, 7) is 4.88. The third-order valence-electron chi connectivity index (χ3n) is 4.57. The molecule has 0 atom stereocenters. The molecule has 5 heteroatoms. The van der Waals surface area contributed by atoms with Gasteiger partial charge in [-0.15, -0.1) is 0 Å². The van der Waals surface area contributed by atoms with E-state index in [9.17, 15) is 0 Å². The summed E-state index contributed by atoms with van der Waals surface area (Å²) in [6.07, 6.45) is 13.3. The second-order valence-corrected chi connectivity index (χ2v) is 6.32. The summed E-state index contributed by atoms with van der Waals surface area (Å²) >= 11 is 0. The first-order chi connectivity index (χ1) is 11.3. The number of nitrogens with zero attached hydrogens (tertiary/aromatic N) is 4. The topological polar surface area (TPSA) is 23.2 Å². The first-order valence-electron chi connectivity index (χ1n) is 8.68. The van der Waals surface area contributed by atoms with Gasteiger partial charge >= 0.3 is 0 Å². The summed E-state index contributed by atoms with van der Waals surface area (Å²) in [4.78, 5) is 8.84. The Kier molecular flexibility index (Phi) is 7.75. The Hall–Kier alpha value is -1.37. The molecule has 2 aromatic heterocycles. The molecule has 2 saturated heterocycles. The minimum absolute atomic E-state index is 0. The fraction of sp³-hybridized carbons (Fsp3) is 0.474. The zero-order chi connectivity index (χ0) is 15.9. The van der Waals surface area contributed by atoms with Crippen molar-refractivity contribution in [2.24, 2.45) is 7.05 Å². The molecule has 0 saturated carbocycles. The number of anilines is 2. The number of pyridine rings is 2. The molecule has 0 bridgehead atoms. The molecule has 2 aromatic rings. The van der Waals surface area contributed by atoms with E-state index in [1.807, 2.05) is 19.4 Å². The van der Waals surface area contributed by atoms with E-state index >= 15 is 0 Å². The second-order valence-electron chi connectivity index (χ2n) is 6.32. The highest BCUT2D eigenvalue weighted by Crippen LogP contribution is 2.18. The highest BCUT2D eigenvalue weighted by molar-refractivity contribution is 5.45. The largest absolute Gasteiger partial charge is 1.00 e. The lowest BCUT2D eigenvalue weighted by Gasteiger charge is -2.16. The summed E-state index contributed by atoms with van der Waals surface area (Å²) in [6, 6.07) is 8.52. The number of halogens is 1. The van der Waals surface area contributed by atoms with E-state index < -0.39 is 0 Å². The van der Waals surface area contributed by atoms with Gasteiger partial charge in [0, 0.05) is 62.1 Å². The summed E-state index contributed by atoms with van der Waals surface area (Å²) < 4.78 is 2.07. The summed E-state index contributed by atoms with van der Waals surface area (Å²) in [7, 11) is 2.05. The highest BCUT2D eigenvalue weighted by atomic mass is 127. The molecule has 2 aliphatic rings. The molecular weight excluding hydrogens is 411 g/mol. The van der Waals surface area contributed by atoms with Crippen LogP contribution in [0.25, 0.3) is 0 Å². The van der Waals surface area contributed by atoms with E-state index in [1.54, 1.807) is 0 Å². The summed E-state index contributed by atoms with van der Waals surface area (Å²) in [5, 5.41) is 0. The maximum atomic E-state index is 3.99. The van der Waals surface area contributed by atoms with E-state index in [2.05, 4.69) is 56.0 Å². The van der Waals surface area contributed by atoms with Crippen molar-refractivity contribution in [3.63, 3.8) is 0 Å². The molecule has 4 heterocycles. The lowest BCUT2D eigenvalue weighted by atomic mass is 10.3. The van der Waals surface area contributed by atoms with E-state index in [1.165, 1.54) is 63.2 Å². The molecular formula is C19H27IN4. The maximum Gasteiger partial charge on any atom is 0.170 e. The van der Waals surface area contributed by atoms with Gasteiger partial charge < -0.3 is 33.8 Å². The van der Waals surface area contributed by atoms with E-state index in [4.69, 9.17) is 0 Å². The lowest BCUT2D eigenvalue weighted by molar-refractivity contribution is -0.671. The molecule has 0 amide bonds. The van der Waals surface area contributed by atoms with Crippen LogP contribution < -0.4 is 38.3 Å². The average Bonchev–Trinajstić information content (AvgIpc) is 3.31. The van der Waals surface area contributed by atoms with Crippen LogP contribution in [0.3, 0.4) is 0 Å². The maximum absolute atomic E-state index is 3.99. The van der Waals surface area contributed by atoms with Gasteiger partial charge in [-0.3, -0.25) is 4.98 Å². The Morgan fingerprint density at radius 2 is 1.17 bits per heavy atom. The number of rotatable bonds is 2. The van der Waals surface area contributed by atoms with Crippen LogP contribution >= 0.6 is 0 Å². The molecule has 0 aromatic carbocycles. The van der Waals surface area contributed by atoms with Gasteiger partial charge in [0.05, 0.1) is 0 Å². The molecule has 0 spiro atoms. The lowest BCUT2D eigenvalue weighted by Crippen LogP contribution is -3.00. The van der Waals surface area contributed by atoms with Gasteiger partial charge in [-0.1, -0.05) is 0 Å². The summed E-state index contributed by atoms with van der Waals surface area (Å²) in [5.41, 5.74) is 2.68. The zero-order valence-electron chi connectivity index (χ0n) is 14.4. The van der Waals surface area contributed by atoms with Gasteiger partial charge in [0.15, 0.2) is 12.4 Å². The zero-order valence-corrected chi connectivity index (χ0v) is 16.6. The van der Waals surface area contributed by atoms with Crippen molar-refractivity contribution in [2.45, 2.75) is 25.7 Å². The molecule has 2 aliphatic heterocycles. The third-order valence-corrected chi connectivity index (χ3v) is 4.57. The Balaban J connectivity index is 0.000000167. The number of hydrogen-bond acceptors (Lipinski definition) is 3. The van der Waals surface area contributed by atoms with Crippen molar-refractivity contribution in [2.75, 3.05) is 36.0 Å². The molecule has 130 valence electrons. The normalized spacial score (nSPS) is 16.4. The van der Waals surface area contributed by atoms with Gasteiger partial charge in [0.2, 0.25) is 0 Å². The standard InChI is InChI=1S/C10H15N2.C9H12N2.HI/c1-11-8-4-10(5-9-11)12-6-2-3-7-12;1-2-8-11(7-1)9-3-5-10-6-4-9;/h4-5,8-9H,2-3,6-7H2,1H3;3-6H,1-2,7-8H2;1H/q+1;;/p-1. The molecule has 24 heavy (non-hydrogen) atoms. The molecule has 0 unspecified atom stereocenters. The van der Waals surface area contributed by atoms with E-state index in [0.717, 1.165) is 0 Å². The first kappa shape index (κ1) is 19.0. The van der Waals surface area contributed by atoms with E-state index in [0.29, 0.717) is 0 Å². The van der Waals surface area contributed by atoms with Crippen LogP contribution in [0.4, 0.5) is 11.4 Å². The monoisotopic (exact) mass is 438 g/mol.